The summed E-state index contributed by atoms with van der Waals surface area (Å²) >= 11 is 0. The molecule has 0 bridgehead atoms. The third-order valence-corrected chi connectivity index (χ3v) is 7.56. The minimum Gasteiger partial charge on any atom is -0.326 e. The van der Waals surface area contributed by atoms with E-state index in [0.29, 0.717) is 10.8 Å². The van der Waals surface area contributed by atoms with Crippen molar-refractivity contribution < 1.29 is 4.48 Å². The van der Waals surface area contributed by atoms with E-state index in [0.717, 1.165) is 23.7 Å². The van der Waals surface area contributed by atoms with Crippen LogP contribution in [0.4, 0.5) is 0 Å². The molecule has 1 saturated carbocycles. The fourth-order valence-corrected chi connectivity index (χ4v) is 5.96. The molecule has 6 atom stereocenters. The summed E-state index contributed by atoms with van der Waals surface area (Å²) in [5, 5.41) is 0. The molecule has 0 N–H and O–H groups in total. The van der Waals surface area contributed by atoms with E-state index in [1.165, 1.54) is 43.4 Å². The predicted octanol–water partition coefficient (Wildman–Crippen LogP) is 5.21. The Bertz CT molecular complexity index is 374. The zero-order valence-electron chi connectivity index (χ0n) is 16.0. The largest absolute Gasteiger partial charge is 0.326 e. The molecule has 2 aliphatic rings. The molecule has 124 valence electrons. The van der Waals surface area contributed by atoms with Crippen molar-refractivity contribution in [3.05, 3.63) is 0 Å². The van der Waals surface area contributed by atoms with E-state index in [4.69, 9.17) is 0 Å². The maximum absolute atomic E-state index is 2.54. The molecule has 1 heteroatoms. The van der Waals surface area contributed by atoms with Crippen molar-refractivity contribution in [2.24, 2.45) is 34.5 Å². The first-order chi connectivity index (χ1) is 9.59. The molecule has 2 rings (SSSR count). The molecule has 0 aromatic rings. The van der Waals surface area contributed by atoms with Gasteiger partial charge in [-0.15, -0.1) is 0 Å². The van der Waals surface area contributed by atoms with Crippen LogP contribution in [0.2, 0.25) is 0 Å². The average Bonchev–Trinajstić information content (AvgIpc) is 2.91. The predicted molar refractivity (Wildman–Crippen MR) is 93.2 cm³/mol. The van der Waals surface area contributed by atoms with Crippen molar-refractivity contribution in [1.82, 2.24) is 0 Å². The zero-order valence-corrected chi connectivity index (χ0v) is 16.0. The average molecular weight is 295 g/mol. The van der Waals surface area contributed by atoms with Crippen LogP contribution in [0.3, 0.4) is 0 Å². The molecule has 1 saturated heterocycles. The van der Waals surface area contributed by atoms with Gasteiger partial charge in [-0.05, 0) is 49.4 Å². The minimum absolute atomic E-state index is 0.475. The van der Waals surface area contributed by atoms with Crippen molar-refractivity contribution in [1.29, 1.82) is 0 Å². The Hall–Kier alpha value is -0.0400. The second kappa shape index (κ2) is 5.55. The molecule has 0 radical (unpaired) electrons. The summed E-state index contributed by atoms with van der Waals surface area (Å²) in [5.74, 6) is 3.66. The topological polar surface area (TPSA) is 0 Å². The van der Waals surface area contributed by atoms with Crippen LogP contribution in [-0.2, 0) is 0 Å². The Labute approximate surface area is 134 Å². The highest BCUT2D eigenvalue weighted by atomic mass is 15.3. The Morgan fingerprint density at radius 3 is 2.10 bits per heavy atom. The fourth-order valence-electron chi connectivity index (χ4n) is 5.96. The highest BCUT2D eigenvalue weighted by Gasteiger charge is 2.63. The molecule has 0 aromatic heterocycles. The monoisotopic (exact) mass is 294 g/mol. The molecular weight excluding hydrogens is 254 g/mol. The van der Waals surface area contributed by atoms with E-state index in [-0.39, 0.29) is 0 Å². The molecule has 0 spiro atoms. The second-order valence-electron chi connectivity index (χ2n) is 9.79. The first-order valence-electron chi connectivity index (χ1n) is 9.43. The van der Waals surface area contributed by atoms with Crippen LogP contribution in [-0.4, -0.2) is 31.2 Å². The third-order valence-electron chi connectivity index (χ3n) is 7.56. The standard InChI is InChI=1S/C20H40N/c1-9-20-12-16(4)15(3)11-19(6,7)14-21(8,10-2)13-18(20)17(20)5/h15-18H,9-14H2,1-8H3/q+1. The van der Waals surface area contributed by atoms with Crippen LogP contribution >= 0.6 is 0 Å². The van der Waals surface area contributed by atoms with Crippen molar-refractivity contribution in [3.8, 4) is 0 Å². The lowest BCUT2D eigenvalue weighted by Gasteiger charge is -2.43. The van der Waals surface area contributed by atoms with Gasteiger partial charge in [-0.25, -0.2) is 0 Å². The molecule has 1 heterocycles. The smallest absolute Gasteiger partial charge is 0.0836 e. The van der Waals surface area contributed by atoms with E-state index in [9.17, 15) is 0 Å². The van der Waals surface area contributed by atoms with Gasteiger partial charge in [-0.2, -0.15) is 0 Å². The van der Waals surface area contributed by atoms with Crippen LogP contribution in [0.1, 0.15) is 67.7 Å². The van der Waals surface area contributed by atoms with Crippen molar-refractivity contribution >= 4 is 0 Å². The molecular formula is C20H40N+. The molecule has 1 aliphatic heterocycles. The van der Waals surface area contributed by atoms with E-state index in [1.807, 2.05) is 0 Å². The summed E-state index contributed by atoms with van der Waals surface area (Å²) in [6.45, 7) is 21.5. The SMILES string of the molecule is CCC12CC(C)C(C)CC(C)(C)C[N+](C)(CC)CC1C2C. The van der Waals surface area contributed by atoms with Gasteiger partial charge in [0.1, 0.15) is 0 Å². The second-order valence-corrected chi connectivity index (χ2v) is 9.79. The van der Waals surface area contributed by atoms with Crippen LogP contribution < -0.4 is 0 Å². The molecule has 1 nitrogen and oxygen atoms in total. The molecule has 2 fully saturated rings. The Morgan fingerprint density at radius 2 is 1.57 bits per heavy atom. The van der Waals surface area contributed by atoms with Gasteiger partial charge in [0.2, 0.25) is 0 Å². The summed E-state index contributed by atoms with van der Waals surface area (Å²) in [6, 6.07) is 0. The summed E-state index contributed by atoms with van der Waals surface area (Å²) < 4.78 is 1.28. The van der Waals surface area contributed by atoms with Gasteiger partial charge in [-0.3, -0.25) is 0 Å². The molecule has 1 aliphatic carbocycles. The number of hydrogen-bond donors (Lipinski definition) is 0. The maximum atomic E-state index is 2.54. The molecule has 0 amide bonds. The highest BCUT2D eigenvalue weighted by Crippen LogP contribution is 2.65. The number of rotatable bonds is 2. The number of quaternary nitrogens is 1. The van der Waals surface area contributed by atoms with Gasteiger partial charge in [-0.1, -0.05) is 41.5 Å². The van der Waals surface area contributed by atoms with Crippen LogP contribution in [0.5, 0.6) is 0 Å². The normalized spacial score (nSPS) is 50.3. The summed E-state index contributed by atoms with van der Waals surface area (Å²) in [5.41, 5.74) is 1.15. The Kier molecular flexibility index (Phi) is 4.58. The van der Waals surface area contributed by atoms with Gasteiger partial charge in [0.15, 0.2) is 0 Å². The van der Waals surface area contributed by atoms with Gasteiger partial charge in [0.25, 0.3) is 0 Å². The van der Waals surface area contributed by atoms with Crippen molar-refractivity contribution in [2.45, 2.75) is 67.7 Å². The van der Waals surface area contributed by atoms with E-state index in [2.05, 4.69) is 55.5 Å². The van der Waals surface area contributed by atoms with Crippen molar-refractivity contribution in [3.63, 3.8) is 0 Å². The maximum Gasteiger partial charge on any atom is 0.0836 e. The highest BCUT2D eigenvalue weighted by molar-refractivity contribution is 5.08. The number of nitrogens with zero attached hydrogens (tertiary/aromatic N) is 1. The number of fused-ring (bicyclic) bond motifs is 1. The first kappa shape index (κ1) is 17.3. The number of hydrogen-bond acceptors (Lipinski definition) is 0. The lowest BCUT2D eigenvalue weighted by molar-refractivity contribution is -0.916. The molecule has 21 heavy (non-hydrogen) atoms. The summed E-state index contributed by atoms with van der Waals surface area (Å²) in [4.78, 5) is 0. The lowest BCUT2D eigenvalue weighted by Crippen LogP contribution is -2.52. The van der Waals surface area contributed by atoms with E-state index in [1.54, 1.807) is 0 Å². The Morgan fingerprint density at radius 1 is 1.00 bits per heavy atom. The van der Waals surface area contributed by atoms with Crippen LogP contribution in [0.15, 0.2) is 0 Å². The van der Waals surface area contributed by atoms with Gasteiger partial charge < -0.3 is 4.48 Å². The third kappa shape index (κ3) is 3.19. The van der Waals surface area contributed by atoms with Crippen LogP contribution in [0, 0.1) is 34.5 Å². The molecule has 0 aromatic carbocycles. The lowest BCUT2D eigenvalue weighted by atomic mass is 9.73. The zero-order chi connectivity index (χ0) is 16.1. The van der Waals surface area contributed by atoms with Crippen LogP contribution in [0.25, 0.3) is 0 Å². The first-order valence-corrected chi connectivity index (χ1v) is 9.43. The summed E-state index contributed by atoms with van der Waals surface area (Å²) in [7, 11) is 2.52. The van der Waals surface area contributed by atoms with E-state index >= 15 is 0 Å². The Balaban J connectivity index is 2.29. The molecule has 6 unspecified atom stereocenters. The summed E-state index contributed by atoms with van der Waals surface area (Å²) in [6.07, 6.45) is 4.25. The van der Waals surface area contributed by atoms with Gasteiger partial charge in [0, 0.05) is 11.3 Å². The van der Waals surface area contributed by atoms with Crippen molar-refractivity contribution in [2.75, 3.05) is 26.7 Å². The fraction of sp³-hybridized carbons (Fsp3) is 1.00. The quantitative estimate of drug-likeness (QED) is 0.613. The minimum atomic E-state index is 0.475. The van der Waals surface area contributed by atoms with Gasteiger partial charge in [0.05, 0.1) is 26.7 Å². The van der Waals surface area contributed by atoms with Gasteiger partial charge >= 0.3 is 0 Å². The van der Waals surface area contributed by atoms with E-state index < -0.39 is 0 Å².